The van der Waals surface area contributed by atoms with Gasteiger partial charge in [0.15, 0.2) is 0 Å². The van der Waals surface area contributed by atoms with Crippen molar-refractivity contribution in [3.05, 3.63) is 88.9 Å². The highest BCUT2D eigenvalue weighted by Crippen LogP contribution is 2.28. The molecule has 0 saturated heterocycles. The lowest BCUT2D eigenvalue weighted by Gasteiger charge is -2.10. The number of anilines is 1. The third-order valence-corrected chi connectivity index (χ3v) is 5.33. The van der Waals surface area contributed by atoms with Crippen molar-refractivity contribution in [2.24, 2.45) is 0 Å². The van der Waals surface area contributed by atoms with E-state index in [1.54, 1.807) is 6.07 Å². The predicted octanol–water partition coefficient (Wildman–Crippen LogP) is 4.33. The second-order valence-corrected chi connectivity index (χ2v) is 8.08. The van der Waals surface area contributed by atoms with Crippen LogP contribution in [0.15, 0.2) is 72.8 Å². The fourth-order valence-corrected chi connectivity index (χ4v) is 3.65. The topological polar surface area (TPSA) is 108 Å². The molecule has 0 aliphatic carbocycles. The Kier molecular flexibility index (Phi) is 9.20. The minimum atomic E-state index is -1.09. The number of amides is 2. The van der Waals surface area contributed by atoms with Crippen LogP contribution in [0.5, 0.6) is 0 Å². The molecule has 7 nitrogen and oxygen atoms in total. The van der Waals surface area contributed by atoms with Crippen molar-refractivity contribution in [2.45, 2.75) is 19.4 Å². The molecule has 0 radical (unpaired) electrons. The number of carboxylic acid groups (broad SMARTS) is 1. The molecular formula is C26H26ClN3O4. The summed E-state index contributed by atoms with van der Waals surface area (Å²) in [5.74, 6) is -1.99. The molecule has 2 amide bonds. The average molecular weight is 480 g/mol. The van der Waals surface area contributed by atoms with Gasteiger partial charge >= 0.3 is 5.97 Å². The summed E-state index contributed by atoms with van der Waals surface area (Å²) in [5, 5.41) is 18.2. The standard InChI is InChI=1S/C26H26ClN3O4/c27-23-14-18(10-11-22(23)19-6-2-1-3-7-19)17-28-12-5-13-29-24(31)16-25(32)30-21-9-4-8-20(15-21)26(33)34/h1-4,6-11,14-15,28H,5,12-13,16-17H2,(H,29,31)(H,30,32)(H,33,34). The molecule has 8 heteroatoms. The van der Waals surface area contributed by atoms with Crippen LogP contribution >= 0.6 is 11.6 Å². The van der Waals surface area contributed by atoms with E-state index < -0.39 is 17.8 Å². The summed E-state index contributed by atoms with van der Waals surface area (Å²) >= 11 is 6.44. The van der Waals surface area contributed by atoms with Crippen LogP contribution in [0.3, 0.4) is 0 Å². The van der Waals surface area contributed by atoms with Crippen molar-refractivity contribution in [3.63, 3.8) is 0 Å². The second kappa shape index (κ2) is 12.5. The van der Waals surface area contributed by atoms with Crippen molar-refractivity contribution in [2.75, 3.05) is 18.4 Å². The Labute approximate surface area is 203 Å². The monoisotopic (exact) mass is 479 g/mol. The van der Waals surface area contributed by atoms with Crippen LogP contribution in [0.25, 0.3) is 11.1 Å². The quantitative estimate of drug-likeness (QED) is 0.242. The number of hydrogen-bond acceptors (Lipinski definition) is 4. The van der Waals surface area contributed by atoms with E-state index in [9.17, 15) is 14.4 Å². The fourth-order valence-electron chi connectivity index (χ4n) is 3.34. The van der Waals surface area contributed by atoms with Gasteiger partial charge in [0.25, 0.3) is 0 Å². The number of nitrogens with one attached hydrogen (secondary N) is 3. The molecule has 0 aliphatic heterocycles. The molecular weight excluding hydrogens is 454 g/mol. The zero-order valence-corrected chi connectivity index (χ0v) is 19.3. The van der Waals surface area contributed by atoms with Crippen LogP contribution in [0.2, 0.25) is 5.02 Å². The first-order valence-corrected chi connectivity index (χ1v) is 11.2. The van der Waals surface area contributed by atoms with Crippen LogP contribution in [0.4, 0.5) is 5.69 Å². The van der Waals surface area contributed by atoms with E-state index in [1.165, 1.54) is 18.2 Å². The SMILES string of the molecule is O=C(CC(=O)Nc1cccc(C(=O)O)c1)NCCCNCc1ccc(-c2ccccc2)c(Cl)c1. The van der Waals surface area contributed by atoms with Gasteiger partial charge in [-0.25, -0.2) is 4.79 Å². The molecule has 0 saturated carbocycles. The Morgan fingerprint density at radius 1 is 0.853 bits per heavy atom. The van der Waals surface area contributed by atoms with Crippen molar-refractivity contribution in [3.8, 4) is 11.1 Å². The van der Waals surface area contributed by atoms with E-state index in [1.807, 2.05) is 48.5 Å². The average Bonchev–Trinajstić information content (AvgIpc) is 2.82. The van der Waals surface area contributed by atoms with Gasteiger partial charge in [-0.15, -0.1) is 0 Å². The van der Waals surface area contributed by atoms with Gasteiger partial charge in [-0.3, -0.25) is 9.59 Å². The van der Waals surface area contributed by atoms with E-state index in [0.29, 0.717) is 36.8 Å². The number of carbonyl (C=O) groups is 3. The Morgan fingerprint density at radius 2 is 1.65 bits per heavy atom. The normalized spacial score (nSPS) is 10.5. The fraction of sp³-hybridized carbons (Fsp3) is 0.192. The van der Waals surface area contributed by atoms with E-state index in [4.69, 9.17) is 16.7 Å². The van der Waals surface area contributed by atoms with Crippen LogP contribution in [-0.4, -0.2) is 36.0 Å². The molecule has 0 bridgehead atoms. The maximum absolute atomic E-state index is 12.0. The molecule has 3 aromatic carbocycles. The maximum atomic E-state index is 12.0. The minimum absolute atomic E-state index is 0.0594. The van der Waals surface area contributed by atoms with Crippen molar-refractivity contribution in [1.82, 2.24) is 10.6 Å². The molecule has 0 heterocycles. The van der Waals surface area contributed by atoms with Crippen LogP contribution in [-0.2, 0) is 16.1 Å². The van der Waals surface area contributed by atoms with Gasteiger partial charge in [-0.2, -0.15) is 0 Å². The Balaban J connectivity index is 1.32. The highest BCUT2D eigenvalue weighted by Gasteiger charge is 2.11. The first kappa shape index (κ1) is 25.0. The van der Waals surface area contributed by atoms with Gasteiger partial charge in [-0.05, 0) is 48.4 Å². The first-order valence-electron chi connectivity index (χ1n) is 10.9. The van der Waals surface area contributed by atoms with Gasteiger partial charge in [0.1, 0.15) is 6.42 Å². The first-order chi connectivity index (χ1) is 16.4. The molecule has 176 valence electrons. The number of aromatic carboxylic acids is 1. The second-order valence-electron chi connectivity index (χ2n) is 7.67. The van der Waals surface area contributed by atoms with Gasteiger partial charge in [0.05, 0.1) is 5.56 Å². The van der Waals surface area contributed by atoms with E-state index in [-0.39, 0.29) is 12.0 Å². The van der Waals surface area contributed by atoms with E-state index in [2.05, 4.69) is 16.0 Å². The number of benzene rings is 3. The zero-order chi connectivity index (χ0) is 24.3. The van der Waals surface area contributed by atoms with Crippen molar-refractivity contribution >= 4 is 35.1 Å². The number of carboxylic acids is 1. The lowest BCUT2D eigenvalue weighted by Crippen LogP contribution is -2.30. The lowest BCUT2D eigenvalue weighted by molar-refractivity contribution is -0.126. The minimum Gasteiger partial charge on any atom is -0.478 e. The molecule has 34 heavy (non-hydrogen) atoms. The lowest BCUT2D eigenvalue weighted by atomic mass is 10.0. The zero-order valence-electron chi connectivity index (χ0n) is 18.5. The smallest absolute Gasteiger partial charge is 0.335 e. The summed E-state index contributed by atoms with van der Waals surface area (Å²) in [7, 11) is 0. The molecule has 3 aromatic rings. The molecule has 0 spiro atoms. The third kappa shape index (κ3) is 7.72. The van der Waals surface area contributed by atoms with E-state index in [0.717, 1.165) is 16.7 Å². The highest BCUT2D eigenvalue weighted by molar-refractivity contribution is 6.33. The Bertz CT molecular complexity index is 1150. The third-order valence-electron chi connectivity index (χ3n) is 5.01. The Morgan fingerprint density at radius 3 is 2.38 bits per heavy atom. The summed E-state index contributed by atoms with van der Waals surface area (Å²) in [6.45, 7) is 1.77. The van der Waals surface area contributed by atoms with Gasteiger partial charge < -0.3 is 21.1 Å². The predicted molar refractivity (Wildman–Crippen MR) is 133 cm³/mol. The van der Waals surface area contributed by atoms with Gasteiger partial charge in [0, 0.05) is 29.4 Å². The van der Waals surface area contributed by atoms with Crippen LogP contribution in [0, 0.1) is 0 Å². The molecule has 3 rings (SSSR count). The molecule has 0 unspecified atom stereocenters. The summed E-state index contributed by atoms with van der Waals surface area (Å²) < 4.78 is 0. The summed E-state index contributed by atoms with van der Waals surface area (Å²) in [4.78, 5) is 34.9. The molecule has 4 N–H and O–H groups in total. The molecule has 0 aromatic heterocycles. The molecule has 0 atom stereocenters. The van der Waals surface area contributed by atoms with Crippen LogP contribution in [0.1, 0.15) is 28.8 Å². The summed E-state index contributed by atoms with van der Waals surface area (Å²) in [6, 6.07) is 21.8. The largest absolute Gasteiger partial charge is 0.478 e. The maximum Gasteiger partial charge on any atom is 0.335 e. The van der Waals surface area contributed by atoms with Gasteiger partial charge in [0.2, 0.25) is 11.8 Å². The number of hydrogen-bond donors (Lipinski definition) is 4. The summed E-state index contributed by atoms with van der Waals surface area (Å²) in [5.41, 5.74) is 3.53. The highest BCUT2D eigenvalue weighted by atomic mass is 35.5. The molecule has 0 aliphatic rings. The van der Waals surface area contributed by atoms with Gasteiger partial charge in [-0.1, -0.05) is 60.1 Å². The van der Waals surface area contributed by atoms with Crippen molar-refractivity contribution < 1.29 is 19.5 Å². The van der Waals surface area contributed by atoms with Crippen molar-refractivity contribution in [1.29, 1.82) is 0 Å². The van der Waals surface area contributed by atoms with E-state index >= 15 is 0 Å². The number of rotatable bonds is 11. The van der Waals surface area contributed by atoms with Crippen LogP contribution < -0.4 is 16.0 Å². The number of halogens is 1. The molecule has 0 fully saturated rings. The number of carbonyl (C=O) groups excluding carboxylic acids is 2. The Hall–Kier alpha value is -3.68. The summed E-state index contributed by atoms with van der Waals surface area (Å²) in [6.07, 6.45) is 0.362.